The van der Waals surface area contributed by atoms with Crippen LogP contribution in [-0.2, 0) is 17.8 Å². The second-order valence-electron chi connectivity index (χ2n) is 7.24. The SMILES string of the molecule is Cl.N[C@@H](Cc1ccccc1)C(=O)N1C[C@@H]2C[C@H](C1)c1cccc(=O)n1C2. The van der Waals surface area contributed by atoms with Gasteiger partial charge in [-0.3, -0.25) is 9.59 Å². The molecule has 2 aliphatic rings. The van der Waals surface area contributed by atoms with Gasteiger partial charge in [0.15, 0.2) is 0 Å². The molecule has 0 radical (unpaired) electrons. The van der Waals surface area contributed by atoms with E-state index >= 15 is 0 Å². The number of pyridine rings is 1. The number of halogens is 1. The number of nitrogens with two attached hydrogens (primary N) is 1. The smallest absolute Gasteiger partial charge is 0.250 e. The fourth-order valence-corrected chi connectivity index (χ4v) is 4.27. The second kappa shape index (κ2) is 7.64. The van der Waals surface area contributed by atoms with Crippen molar-refractivity contribution < 1.29 is 4.79 Å². The molecule has 0 saturated carbocycles. The summed E-state index contributed by atoms with van der Waals surface area (Å²) < 4.78 is 1.88. The zero-order chi connectivity index (χ0) is 17.4. The van der Waals surface area contributed by atoms with Crippen molar-refractivity contribution in [1.29, 1.82) is 0 Å². The Morgan fingerprint density at radius 1 is 1.08 bits per heavy atom. The van der Waals surface area contributed by atoms with E-state index in [9.17, 15) is 9.59 Å². The molecule has 0 unspecified atom stereocenters. The number of hydrogen-bond donors (Lipinski definition) is 1. The van der Waals surface area contributed by atoms with Crippen molar-refractivity contribution >= 4 is 18.3 Å². The zero-order valence-corrected chi connectivity index (χ0v) is 15.4. The number of likely N-dealkylation sites (tertiary alicyclic amines) is 1. The van der Waals surface area contributed by atoms with E-state index in [1.54, 1.807) is 6.07 Å². The summed E-state index contributed by atoms with van der Waals surface area (Å²) in [6.45, 7) is 2.04. The minimum Gasteiger partial charge on any atom is -0.340 e. The van der Waals surface area contributed by atoms with Crippen molar-refractivity contribution in [3.05, 3.63) is 70.1 Å². The fraction of sp³-hybridized carbons (Fsp3) is 0.400. The van der Waals surface area contributed by atoms with Crippen molar-refractivity contribution in [2.45, 2.75) is 31.3 Å². The van der Waals surface area contributed by atoms with E-state index in [0.717, 1.165) is 17.7 Å². The van der Waals surface area contributed by atoms with Crippen LogP contribution in [0.1, 0.15) is 23.6 Å². The Balaban J connectivity index is 0.00000196. The van der Waals surface area contributed by atoms with Crippen molar-refractivity contribution in [2.75, 3.05) is 13.1 Å². The topological polar surface area (TPSA) is 68.3 Å². The van der Waals surface area contributed by atoms with Crippen LogP contribution in [0.5, 0.6) is 0 Å². The van der Waals surface area contributed by atoms with E-state index in [1.807, 2.05) is 51.9 Å². The van der Waals surface area contributed by atoms with Crippen molar-refractivity contribution in [3.8, 4) is 0 Å². The maximum absolute atomic E-state index is 12.8. The van der Waals surface area contributed by atoms with Gasteiger partial charge in [0.1, 0.15) is 0 Å². The summed E-state index contributed by atoms with van der Waals surface area (Å²) in [4.78, 5) is 26.8. The number of fused-ring (bicyclic) bond motifs is 4. The molecule has 4 rings (SSSR count). The van der Waals surface area contributed by atoms with E-state index in [1.165, 1.54) is 0 Å². The number of benzene rings is 1. The van der Waals surface area contributed by atoms with Gasteiger partial charge in [0.25, 0.3) is 5.56 Å². The van der Waals surface area contributed by atoms with Gasteiger partial charge in [0.2, 0.25) is 5.91 Å². The van der Waals surface area contributed by atoms with E-state index in [2.05, 4.69) is 0 Å². The molecule has 1 saturated heterocycles. The molecule has 2 aliphatic heterocycles. The van der Waals surface area contributed by atoms with Crippen molar-refractivity contribution in [2.24, 2.45) is 11.7 Å². The van der Waals surface area contributed by atoms with Crippen LogP contribution in [0, 0.1) is 5.92 Å². The highest BCUT2D eigenvalue weighted by Gasteiger charge is 2.37. The summed E-state index contributed by atoms with van der Waals surface area (Å²) in [5.41, 5.74) is 8.40. The minimum atomic E-state index is -0.515. The van der Waals surface area contributed by atoms with Crippen LogP contribution in [0.4, 0.5) is 0 Å². The number of amides is 1. The lowest BCUT2D eigenvalue weighted by molar-refractivity contribution is -0.135. The molecule has 1 aromatic heterocycles. The quantitative estimate of drug-likeness (QED) is 0.891. The van der Waals surface area contributed by atoms with E-state index in [0.29, 0.717) is 32.0 Å². The first-order valence-corrected chi connectivity index (χ1v) is 8.90. The molecule has 1 aromatic carbocycles. The molecule has 0 spiro atoms. The molecule has 2 bridgehead atoms. The second-order valence-corrected chi connectivity index (χ2v) is 7.24. The Labute approximate surface area is 159 Å². The highest BCUT2D eigenvalue weighted by atomic mass is 35.5. The summed E-state index contributed by atoms with van der Waals surface area (Å²) in [6, 6.07) is 14.8. The first kappa shape index (κ1) is 18.7. The number of aromatic nitrogens is 1. The van der Waals surface area contributed by atoms with Crippen molar-refractivity contribution in [1.82, 2.24) is 9.47 Å². The minimum absolute atomic E-state index is 0. The summed E-state index contributed by atoms with van der Waals surface area (Å²) in [5, 5.41) is 0. The zero-order valence-electron chi connectivity index (χ0n) is 14.6. The Morgan fingerprint density at radius 2 is 1.85 bits per heavy atom. The molecule has 5 nitrogen and oxygen atoms in total. The predicted molar refractivity (Wildman–Crippen MR) is 103 cm³/mol. The van der Waals surface area contributed by atoms with Gasteiger partial charge < -0.3 is 15.2 Å². The standard InChI is InChI=1S/C20H23N3O2.ClH/c21-17(10-14-5-2-1-3-6-14)20(25)22-11-15-9-16(13-22)18-7-4-8-19(24)23(18)12-15;/h1-8,15-17H,9-13,21H2;1H/t15-,16+,17-;/m0./s1. The van der Waals surface area contributed by atoms with Gasteiger partial charge in [0.05, 0.1) is 6.04 Å². The van der Waals surface area contributed by atoms with Crippen LogP contribution < -0.4 is 11.3 Å². The molecule has 26 heavy (non-hydrogen) atoms. The molecular weight excluding hydrogens is 350 g/mol. The largest absolute Gasteiger partial charge is 0.340 e. The van der Waals surface area contributed by atoms with Gasteiger partial charge in [0, 0.05) is 37.3 Å². The Bertz CT molecular complexity index is 836. The summed E-state index contributed by atoms with van der Waals surface area (Å²) in [6.07, 6.45) is 1.60. The van der Waals surface area contributed by atoms with Crippen molar-refractivity contribution in [3.63, 3.8) is 0 Å². The predicted octanol–water partition coefficient (Wildman–Crippen LogP) is 1.79. The monoisotopic (exact) mass is 373 g/mol. The molecule has 6 heteroatoms. The van der Waals surface area contributed by atoms with Crippen LogP contribution in [0.3, 0.4) is 0 Å². The summed E-state index contributed by atoms with van der Waals surface area (Å²) in [7, 11) is 0. The third kappa shape index (κ3) is 3.55. The molecular formula is C20H24ClN3O2. The number of carbonyl (C=O) groups is 1. The normalized spacial score (nSPS) is 22.1. The van der Waals surface area contributed by atoms with Crippen LogP contribution >= 0.6 is 12.4 Å². The highest BCUT2D eigenvalue weighted by molar-refractivity contribution is 5.85. The molecule has 138 valence electrons. The lowest BCUT2D eigenvalue weighted by Gasteiger charge is -2.43. The van der Waals surface area contributed by atoms with E-state index in [-0.39, 0.29) is 29.8 Å². The Morgan fingerprint density at radius 3 is 2.62 bits per heavy atom. The number of hydrogen-bond acceptors (Lipinski definition) is 3. The Hall–Kier alpha value is -2.11. The number of piperidine rings is 1. The van der Waals surface area contributed by atoms with Crippen LogP contribution in [0.25, 0.3) is 0 Å². The van der Waals surface area contributed by atoms with Gasteiger partial charge >= 0.3 is 0 Å². The van der Waals surface area contributed by atoms with Crippen LogP contribution in [-0.4, -0.2) is 34.5 Å². The van der Waals surface area contributed by atoms with E-state index in [4.69, 9.17) is 5.73 Å². The van der Waals surface area contributed by atoms with Crippen LogP contribution in [0.2, 0.25) is 0 Å². The number of carbonyl (C=O) groups excluding carboxylic acids is 1. The van der Waals surface area contributed by atoms with Crippen LogP contribution in [0.15, 0.2) is 53.3 Å². The summed E-state index contributed by atoms with van der Waals surface area (Å²) >= 11 is 0. The molecule has 3 heterocycles. The summed E-state index contributed by atoms with van der Waals surface area (Å²) in [5.74, 6) is 0.582. The Kier molecular flexibility index (Phi) is 5.49. The molecule has 1 amide bonds. The average Bonchev–Trinajstić information content (AvgIpc) is 2.63. The molecule has 0 aliphatic carbocycles. The number of nitrogens with zero attached hydrogens (tertiary/aromatic N) is 2. The lowest BCUT2D eigenvalue weighted by atomic mass is 9.83. The first-order valence-electron chi connectivity index (χ1n) is 8.90. The maximum Gasteiger partial charge on any atom is 0.250 e. The average molecular weight is 374 g/mol. The fourth-order valence-electron chi connectivity index (χ4n) is 4.27. The highest BCUT2D eigenvalue weighted by Crippen LogP contribution is 2.35. The van der Waals surface area contributed by atoms with Gasteiger partial charge in [-0.25, -0.2) is 0 Å². The first-order chi connectivity index (χ1) is 12.1. The third-order valence-electron chi connectivity index (χ3n) is 5.41. The lowest BCUT2D eigenvalue weighted by Crippen LogP contribution is -2.53. The molecule has 3 atom stereocenters. The van der Waals surface area contributed by atoms with E-state index < -0.39 is 6.04 Å². The molecule has 2 N–H and O–H groups in total. The van der Waals surface area contributed by atoms with Gasteiger partial charge in [-0.1, -0.05) is 36.4 Å². The van der Waals surface area contributed by atoms with Gasteiger partial charge in [-0.2, -0.15) is 0 Å². The van der Waals surface area contributed by atoms with Gasteiger partial charge in [-0.05, 0) is 30.4 Å². The third-order valence-corrected chi connectivity index (χ3v) is 5.41. The molecule has 2 aromatic rings. The maximum atomic E-state index is 12.8. The molecule has 1 fully saturated rings. The number of rotatable bonds is 3. The van der Waals surface area contributed by atoms with Gasteiger partial charge in [-0.15, -0.1) is 12.4 Å².